The zero-order valence-electron chi connectivity index (χ0n) is 11.2. The zero-order valence-corrected chi connectivity index (χ0v) is 11.2. The van der Waals surface area contributed by atoms with Gasteiger partial charge < -0.3 is 10.6 Å². The average molecular weight is 270 g/mol. The Morgan fingerprint density at radius 3 is 2.95 bits per heavy atom. The number of hydrogen-bond donors (Lipinski definition) is 2. The fourth-order valence-corrected chi connectivity index (χ4v) is 1.62. The third kappa shape index (κ3) is 3.45. The number of nitrogens with one attached hydrogen (secondary N) is 2. The lowest BCUT2D eigenvalue weighted by atomic mass is 10.3. The number of rotatable bonds is 5. The summed E-state index contributed by atoms with van der Waals surface area (Å²) in [6.45, 7) is 2.82. The Balaban J connectivity index is 2.22. The molecule has 0 spiro atoms. The Kier molecular flexibility index (Phi) is 4.51. The quantitative estimate of drug-likeness (QED) is 0.819. The molecule has 2 rings (SSSR count). The molecule has 0 aliphatic rings. The minimum atomic E-state index is -0.320. The second-order valence-corrected chi connectivity index (χ2v) is 4.16. The molecule has 1 aromatic carbocycles. The topological polar surface area (TPSA) is 49.8 Å². The van der Waals surface area contributed by atoms with Crippen molar-refractivity contribution < 1.29 is 4.39 Å². The molecule has 102 valence electrons. The van der Waals surface area contributed by atoms with E-state index >= 15 is 0 Å². The average Bonchev–Trinajstić information content (AvgIpc) is 2.45. The molecule has 0 saturated heterocycles. The Labute approximate surface area is 117 Å². The van der Waals surface area contributed by atoms with Crippen molar-refractivity contribution in [2.75, 3.05) is 17.2 Å². The minimum absolute atomic E-state index is 0.320. The number of anilines is 3. The van der Waals surface area contributed by atoms with Gasteiger partial charge in [0.05, 0.1) is 11.8 Å². The lowest BCUT2D eigenvalue weighted by Crippen LogP contribution is -2.07. The maximum Gasteiger partial charge on any atom is 0.229 e. The van der Waals surface area contributed by atoms with E-state index in [2.05, 4.69) is 33.4 Å². The number of terminal acetylenes is 1. The van der Waals surface area contributed by atoms with Gasteiger partial charge in [-0.1, -0.05) is 18.9 Å². The highest BCUT2D eigenvalue weighted by Gasteiger charge is 2.05. The van der Waals surface area contributed by atoms with Crippen molar-refractivity contribution in [1.29, 1.82) is 0 Å². The molecule has 0 atom stereocenters. The van der Waals surface area contributed by atoms with Gasteiger partial charge in [0.2, 0.25) is 5.95 Å². The molecule has 4 nitrogen and oxygen atoms in total. The molecule has 0 aliphatic carbocycles. The van der Waals surface area contributed by atoms with Crippen LogP contribution in [0.2, 0.25) is 0 Å². The third-order valence-electron chi connectivity index (χ3n) is 2.57. The van der Waals surface area contributed by atoms with Gasteiger partial charge in [-0.05, 0) is 24.6 Å². The van der Waals surface area contributed by atoms with Crippen LogP contribution in [0.5, 0.6) is 0 Å². The summed E-state index contributed by atoms with van der Waals surface area (Å²) in [5, 5.41) is 6.09. The molecule has 1 heterocycles. The third-order valence-corrected chi connectivity index (χ3v) is 2.57. The molecule has 5 heteroatoms. The summed E-state index contributed by atoms with van der Waals surface area (Å²) in [7, 11) is 0. The number of nitrogens with zero attached hydrogens (tertiary/aromatic N) is 2. The maximum absolute atomic E-state index is 13.1. The molecule has 0 unspecified atom stereocenters. The van der Waals surface area contributed by atoms with E-state index in [1.807, 2.05) is 0 Å². The summed E-state index contributed by atoms with van der Waals surface area (Å²) in [5.74, 6) is 3.18. The first-order valence-electron chi connectivity index (χ1n) is 6.33. The smallest absolute Gasteiger partial charge is 0.229 e. The maximum atomic E-state index is 13.1. The van der Waals surface area contributed by atoms with Crippen LogP contribution in [0.1, 0.15) is 18.9 Å². The van der Waals surface area contributed by atoms with Gasteiger partial charge in [0, 0.05) is 12.2 Å². The predicted octanol–water partition coefficient (Wildman–Crippen LogP) is 3.16. The second kappa shape index (κ2) is 6.53. The van der Waals surface area contributed by atoms with Gasteiger partial charge in [-0.25, -0.2) is 9.37 Å². The Bertz CT molecular complexity index is 634. The van der Waals surface area contributed by atoms with Crippen LogP contribution in [0.4, 0.5) is 21.8 Å². The van der Waals surface area contributed by atoms with Crippen molar-refractivity contribution in [2.45, 2.75) is 13.3 Å². The van der Waals surface area contributed by atoms with E-state index in [1.54, 1.807) is 18.3 Å². The largest absolute Gasteiger partial charge is 0.369 e. The highest BCUT2D eigenvalue weighted by Crippen LogP contribution is 2.17. The zero-order chi connectivity index (χ0) is 14.4. The second-order valence-electron chi connectivity index (χ2n) is 4.16. The summed E-state index contributed by atoms with van der Waals surface area (Å²) < 4.78 is 13.1. The van der Waals surface area contributed by atoms with E-state index in [4.69, 9.17) is 6.42 Å². The number of benzene rings is 1. The first-order chi connectivity index (χ1) is 9.72. The molecule has 1 aromatic heterocycles. The lowest BCUT2D eigenvalue weighted by Gasteiger charge is -2.09. The van der Waals surface area contributed by atoms with E-state index < -0.39 is 0 Å². The van der Waals surface area contributed by atoms with Crippen LogP contribution < -0.4 is 10.6 Å². The van der Waals surface area contributed by atoms with Gasteiger partial charge in [-0.15, -0.1) is 6.42 Å². The van der Waals surface area contributed by atoms with Crippen LogP contribution >= 0.6 is 0 Å². The molecule has 0 amide bonds. The van der Waals surface area contributed by atoms with Crippen molar-refractivity contribution in [3.05, 3.63) is 41.8 Å². The Hall–Kier alpha value is -2.61. The molecule has 2 aromatic rings. The normalized spacial score (nSPS) is 9.85. The molecule has 0 saturated carbocycles. The SMILES string of the molecule is C#Cc1cnc(Nc2cccc(F)c2)nc1NCCC. The van der Waals surface area contributed by atoms with E-state index in [-0.39, 0.29) is 5.82 Å². The molecule has 20 heavy (non-hydrogen) atoms. The van der Waals surface area contributed by atoms with Gasteiger partial charge in [0.1, 0.15) is 11.6 Å². The lowest BCUT2D eigenvalue weighted by molar-refractivity contribution is 0.628. The van der Waals surface area contributed by atoms with Crippen LogP contribution in [-0.2, 0) is 0 Å². The van der Waals surface area contributed by atoms with Crippen LogP contribution in [0.25, 0.3) is 0 Å². The van der Waals surface area contributed by atoms with Gasteiger partial charge >= 0.3 is 0 Å². The van der Waals surface area contributed by atoms with E-state index in [9.17, 15) is 4.39 Å². The first kappa shape index (κ1) is 13.8. The highest BCUT2D eigenvalue weighted by atomic mass is 19.1. The number of hydrogen-bond acceptors (Lipinski definition) is 4. The van der Waals surface area contributed by atoms with Crippen molar-refractivity contribution in [3.8, 4) is 12.3 Å². The van der Waals surface area contributed by atoms with Gasteiger partial charge in [0.15, 0.2) is 0 Å². The molecule has 0 fully saturated rings. The molecule has 0 radical (unpaired) electrons. The molecular formula is C15H15FN4. The summed E-state index contributed by atoms with van der Waals surface area (Å²) in [6.07, 6.45) is 7.93. The van der Waals surface area contributed by atoms with Crippen LogP contribution in [-0.4, -0.2) is 16.5 Å². The Morgan fingerprint density at radius 1 is 1.40 bits per heavy atom. The number of halogens is 1. The fourth-order valence-electron chi connectivity index (χ4n) is 1.62. The molecule has 0 aliphatic heterocycles. The Morgan fingerprint density at radius 2 is 2.25 bits per heavy atom. The van der Waals surface area contributed by atoms with Crippen LogP contribution in [0, 0.1) is 18.2 Å². The van der Waals surface area contributed by atoms with E-state index in [0.29, 0.717) is 23.0 Å². The predicted molar refractivity (Wildman–Crippen MR) is 78.4 cm³/mol. The summed E-state index contributed by atoms with van der Waals surface area (Å²) in [6, 6.07) is 6.10. The summed E-state index contributed by atoms with van der Waals surface area (Å²) in [5.41, 5.74) is 1.18. The minimum Gasteiger partial charge on any atom is -0.369 e. The van der Waals surface area contributed by atoms with Gasteiger partial charge in [-0.2, -0.15) is 4.98 Å². The van der Waals surface area contributed by atoms with Crippen molar-refractivity contribution in [3.63, 3.8) is 0 Å². The standard InChI is InChI=1S/C15H15FN4/c1-3-8-17-14-11(4-2)10-18-15(20-14)19-13-7-5-6-12(16)9-13/h2,5-7,9-10H,3,8H2,1H3,(H2,17,18,19,20). The van der Waals surface area contributed by atoms with Gasteiger partial charge in [-0.3, -0.25) is 0 Å². The van der Waals surface area contributed by atoms with Crippen LogP contribution in [0.15, 0.2) is 30.5 Å². The molecule has 0 bridgehead atoms. The van der Waals surface area contributed by atoms with Crippen molar-refractivity contribution >= 4 is 17.5 Å². The monoisotopic (exact) mass is 270 g/mol. The molecular weight excluding hydrogens is 255 g/mol. The summed E-state index contributed by atoms with van der Waals surface area (Å²) >= 11 is 0. The first-order valence-corrected chi connectivity index (χ1v) is 6.33. The molecule has 2 N–H and O–H groups in total. The fraction of sp³-hybridized carbons (Fsp3) is 0.200. The highest BCUT2D eigenvalue weighted by molar-refractivity contribution is 5.59. The van der Waals surface area contributed by atoms with Crippen LogP contribution in [0.3, 0.4) is 0 Å². The van der Waals surface area contributed by atoms with E-state index in [1.165, 1.54) is 12.1 Å². The number of aromatic nitrogens is 2. The van der Waals surface area contributed by atoms with Crippen molar-refractivity contribution in [1.82, 2.24) is 9.97 Å². The van der Waals surface area contributed by atoms with Gasteiger partial charge in [0.25, 0.3) is 0 Å². The van der Waals surface area contributed by atoms with E-state index in [0.717, 1.165) is 13.0 Å². The summed E-state index contributed by atoms with van der Waals surface area (Å²) in [4.78, 5) is 8.42. The van der Waals surface area contributed by atoms with Crippen molar-refractivity contribution in [2.24, 2.45) is 0 Å².